The molecular formula is C16H14ClNO3. The van der Waals surface area contributed by atoms with E-state index in [-0.39, 0.29) is 11.5 Å². The number of rotatable bonds is 3. The third-order valence-corrected chi connectivity index (χ3v) is 3.63. The zero-order chi connectivity index (χ0) is 15.6. The molecule has 0 unspecified atom stereocenters. The van der Waals surface area contributed by atoms with Gasteiger partial charge in [-0.1, -0.05) is 17.7 Å². The molecule has 0 aliphatic carbocycles. The number of carbonyl (C=O) groups excluding carboxylic acids is 1. The molecule has 0 spiro atoms. The smallest absolute Gasteiger partial charge is 0.335 e. The highest BCUT2D eigenvalue weighted by atomic mass is 35.5. The summed E-state index contributed by atoms with van der Waals surface area (Å²) in [5.74, 6) is -1.21. The minimum atomic E-state index is -0.999. The van der Waals surface area contributed by atoms with E-state index in [2.05, 4.69) is 0 Å². The SMILES string of the molecule is Cc1ccc(C(=O)N(C)c2ccc(C(=O)O)cc2)cc1Cl. The summed E-state index contributed by atoms with van der Waals surface area (Å²) in [4.78, 5) is 24.6. The van der Waals surface area contributed by atoms with Crippen LogP contribution in [0.2, 0.25) is 5.02 Å². The highest BCUT2D eigenvalue weighted by Crippen LogP contribution is 2.20. The summed E-state index contributed by atoms with van der Waals surface area (Å²) in [5.41, 5.74) is 2.18. The van der Waals surface area contributed by atoms with Crippen LogP contribution in [0.25, 0.3) is 0 Å². The van der Waals surface area contributed by atoms with Crippen LogP contribution >= 0.6 is 11.6 Å². The lowest BCUT2D eigenvalue weighted by atomic mass is 10.1. The second-order valence-electron chi connectivity index (χ2n) is 4.68. The second-order valence-corrected chi connectivity index (χ2v) is 5.09. The topological polar surface area (TPSA) is 57.6 Å². The molecule has 5 heteroatoms. The van der Waals surface area contributed by atoms with Crippen molar-refractivity contribution in [2.45, 2.75) is 6.92 Å². The van der Waals surface area contributed by atoms with Crippen molar-refractivity contribution in [2.75, 3.05) is 11.9 Å². The van der Waals surface area contributed by atoms with Crippen LogP contribution in [0.4, 0.5) is 5.69 Å². The van der Waals surface area contributed by atoms with Crippen molar-refractivity contribution in [3.8, 4) is 0 Å². The summed E-state index contributed by atoms with van der Waals surface area (Å²) >= 11 is 6.03. The van der Waals surface area contributed by atoms with Crippen LogP contribution in [0.5, 0.6) is 0 Å². The van der Waals surface area contributed by atoms with Crippen LogP contribution in [0.1, 0.15) is 26.3 Å². The summed E-state index contributed by atoms with van der Waals surface area (Å²) in [6.45, 7) is 1.87. The van der Waals surface area contributed by atoms with E-state index in [4.69, 9.17) is 16.7 Å². The molecule has 0 aliphatic heterocycles. The molecule has 0 bridgehead atoms. The van der Waals surface area contributed by atoms with Crippen molar-refractivity contribution >= 4 is 29.2 Å². The van der Waals surface area contributed by atoms with Gasteiger partial charge in [-0.15, -0.1) is 0 Å². The first kappa shape index (κ1) is 15.1. The van der Waals surface area contributed by atoms with Crippen molar-refractivity contribution in [3.63, 3.8) is 0 Å². The number of anilines is 1. The Hall–Kier alpha value is -2.33. The Balaban J connectivity index is 2.25. The molecule has 1 amide bonds. The van der Waals surface area contributed by atoms with Crippen molar-refractivity contribution in [1.82, 2.24) is 0 Å². The number of amides is 1. The average Bonchev–Trinajstić information content (AvgIpc) is 2.48. The number of carbonyl (C=O) groups is 2. The minimum absolute atomic E-state index is 0.179. The highest BCUT2D eigenvalue weighted by molar-refractivity contribution is 6.31. The van der Waals surface area contributed by atoms with E-state index in [9.17, 15) is 9.59 Å². The fraction of sp³-hybridized carbons (Fsp3) is 0.125. The van der Waals surface area contributed by atoms with E-state index >= 15 is 0 Å². The fourth-order valence-corrected chi connectivity index (χ4v) is 2.04. The predicted molar refractivity (Wildman–Crippen MR) is 82.3 cm³/mol. The van der Waals surface area contributed by atoms with Gasteiger partial charge < -0.3 is 10.0 Å². The lowest BCUT2D eigenvalue weighted by Crippen LogP contribution is -2.26. The fourth-order valence-electron chi connectivity index (χ4n) is 1.86. The van der Waals surface area contributed by atoms with Gasteiger partial charge in [-0.2, -0.15) is 0 Å². The molecule has 0 fully saturated rings. The van der Waals surface area contributed by atoms with Gasteiger partial charge in [0.15, 0.2) is 0 Å². The molecular weight excluding hydrogens is 290 g/mol. The van der Waals surface area contributed by atoms with Crippen LogP contribution in [-0.4, -0.2) is 24.0 Å². The van der Waals surface area contributed by atoms with Crippen molar-refractivity contribution in [3.05, 3.63) is 64.2 Å². The lowest BCUT2D eigenvalue weighted by Gasteiger charge is -2.18. The zero-order valence-corrected chi connectivity index (χ0v) is 12.4. The van der Waals surface area contributed by atoms with Crippen molar-refractivity contribution in [1.29, 1.82) is 0 Å². The molecule has 0 radical (unpaired) electrons. The first-order valence-electron chi connectivity index (χ1n) is 6.27. The maximum atomic E-state index is 12.4. The van der Waals surface area contributed by atoms with Crippen molar-refractivity contribution < 1.29 is 14.7 Å². The summed E-state index contributed by atoms with van der Waals surface area (Å²) in [6.07, 6.45) is 0. The monoisotopic (exact) mass is 303 g/mol. The quantitative estimate of drug-likeness (QED) is 0.942. The Bertz CT molecular complexity index is 695. The third kappa shape index (κ3) is 3.23. The Morgan fingerprint density at radius 3 is 2.14 bits per heavy atom. The summed E-state index contributed by atoms with van der Waals surface area (Å²) in [6, 6.07) is 11.2. The number of aryl methyl sites for hydroxylation is 1. The molecule has 2 aromatic rings. The summed E-state index contributed by atoms with van der Waals surface area (Å²) < 4.78 is 0. The predicted octanol–water partition coefficient (Wildman–Crippen LogP) is 3.62. The van der Waals surface area contributed by atoms with Gasteiger partial charge >= 0.3 is 5.97 Å². The van der Waals surface area contributed by atoms with Gasteiger partial charge in [0.2, 0.25) is 0 Å². The molecule has 0 aromatic heterocycles. The van der Waals surface area contributed by atoms with Gasteiger partial charge in [-0.05, 0) is 48.9 Å². The number of carboxylic acids is 1. The van der Waals surface area contributed by atoms with E-state index in [0.29, 0.717) is 16.3 Å². The van der Waals surface area contributed by atoms with E-state index in [1.165, 1.54) is 17.0 Å². The molecule has 2 rings (SSSR count). The second kappa shape index (κ2) is 5.97. The number of carboxylic acid groups (broad SMARTS) is 1. The molecule has 0 atom stereocenters. The van der Waals surface area contributed by atoms with E-state index in [1.54, 1.807) is 37.4 Å². The standard InChI is InChI=1S/C16H14ClNO3/c1-10-3-4-12(9-14(10)17)15(19)18(2)13-7-5-11(6-8-13)16(20)21/h3-9H,1-2H3,(H,20,21). The van der Waals surface area contributed by atoms with Gasteiger partial charge in [0, 0.05) is 23.3 Å². The third-order valence-electron chi connectivity index (χ3n) is 3.22. The number of aromatic carboxylic acids is 1. The van der Waals surface area contributed by atoms with Crippen LogP contribution < -0.4 is 4.90 Å². The summed E-state index contributed by atoms with van der Waals surface area (Å²) in [5, 5.41) is 9.40. The van der Waals surface area contributed by atoms with Gasteiger partial charge in [-0.25, -0.2) is 4.79 Å². The lowest BCUT2D eigenvalue weighted by molar-refractivity contribution is 0.0696. The average molecular weight is 304 g/mol. The molecule has 108 valence electrons. The molecule has 0 heterocycles. The minimum Gasteiger partial charge on any atom is -0.478 e. The van der Waals surface area contributed by atoms with Gasteiger partial charge in [-0.3, -0.25) is 4.79 Å². The first-order chi connectivity index (χ1) is 9.90. The molecule has 0 saturated carbocycles. The maximum absolute atomic E-state index is 12.4. The summed E-state index contributed by atoms with van der Waals surface area (Å²) in [7, 11) is 1.63. The van der Waals surface area contributed by atoms with Gasteiger partial charge in [0.1, 0.15) is 0 Å². The van der Waals surface area contributed by atoms with Crippen LogP contribution in [0, 0.1) is 6.92 Å². The number of halogens is 1. The number of nitrogens with zero attached hydrogens (tertiary/aromatic N) is 1. The maximum Gasteiger partial charge on any atom is 0.335 e. The van der Waals surface area contributed by atoms with E-state index < -0.39 is 5.97 Å². The number of hydrogen-bond acceptors (Lipinski definition) is 2. The van der Waals surface area contributed by atoms with Gasteiger partial charge in [0.25, 0.3) is 5.91 Å². The molecule has 0 saturated heterocycles. The molecule has 0 aliphatic rings. The largest absolute Gasteiger partial charge is 0.478 e. The Morgan fingerprint density at radius 1 is 1.05 bits per heavy atom. The van der Waals surface area contributed by atoms with Crippen LogP contribution in [0.3, 0.4) is 0 Å². The zero-order valence-electron chi connectivity index (χ0n) is 11.6. The van der Waals surface area contributed by atoms with Crippen LogP contribution in [0.15, 0.2) is 42.5 Å². The Kier molecular flexibility index (Phi) is 4.29. The van der Waals surface area contributed by atoms with Crippen LogP contribution in [-0.2, 0) is 0 Å². The molecule has 4 nitrogen and oxygen atoms in total. The van der Waals surface area contributed by atoms with E-state index in [0.717, 1.165) is 5.56 Å². The highest BCUT2D eigenvalue weighted by Gasteiger charge is 2.15. The number of benzene rings is 2. The Labute approximate surface area is 127 Å². The molecule has 1 N–H and O–H groups in total. The normalized spacial score (nSPS) is 10.2. The van der Waals surface area contributed by atoms with Gasteiger partial charge in [0.05, 0.1) is 5.56 Å². The number of hydrogen-bond donors (Lipinski definition) is 1. The van der Waals surface area contributed by atoms with Crippen molar-refractivity contribution in [2.24, 2.45) is 0 Å². The first-order valence-corrected chi connectivity index (χ1v) is 6.65. The molecule has 21 heavy (non-hydrogen) atoms. The Morgan fingerprint density at radius 2 is 1.62 bits per heavy atom. The van der Waals surface area contributed by atoms with E-state index in [1.807, 2.05) is 6.92 Å². The molecule has 2 aromatic carbocycles.